The first-order valence-corrected chi connectivity index (χ1v) is 6.00. The summed E-state index contributed by atoms with van der Waals surface area (Å²) < 4.78 is 1.96. The summed E-state index contributed by atoms with van der Waals surface area (Å²) in [5.41, 5.74) is 8.83. The molecule has 17 heavy (non-hydrogen) atoms. The van der Waals surface area contributed by atoms with Gasteiger partial charge in [-0.25, -0.2) is 0 Å². The zero-order chi connectivity index (χ0) is 13.0. The van der Waals surface area contributed by atoms with Gasteiger partial charge in [0.15, 0.2) is 0 Å². The van der Waals surface area contributed by atoms with Crippen LogP contribution in [0.25, 0.3) is 0 Å². The Labute approximate surface area is 102 Å². The molecule has 0 saturated carbocycles. The van der Waals surface area contributed by atoms with Crippen molar-refractivity contribution in [3.8, 4) is 0 Å². The zero-order valence-electron chi connectivity index (χ0n) is 11.1. The second-order valence-electron chi connectivity index (χ2n) is 4.26. The number of likely N-dealkylation sites (N-methyl/N-ethyl adjacent to an activating group) is 1. The number of aromatic nitrogens is 2. The third-order valence-corrected chi connectivity index (χ3v) is 3.21. The Bertz CT molecular complexity index is 397. The highest BCUT2D eigenvalue weighted by atomic mass is 16.1. The maximum atomic E-state index is 11.1. The number of carbonyl (C=O) groups excluding carboxylic acids is 1. The summed E-state index contributed by atoms with van der Waals surface area (Å²) in [6.45, 7) is 6.92. The maximum absolute atomic E-state index is 11.1. The van der Waals surface area contributed by atoms with Crippen LogP contribution in [0, 0.1) is 13.8 Å². The third kappa shape index (κ3) is 3.06. The number of nitrogens with zero attached hydrogens (tertiary/aromatic N) is 2. The van der Waals surface area contributed by atoms with E-state index in [9.17, 15) is 4.79 Å². The normalized spacial score (nSPS) is 12.7. The van der Waals surface area contributed by atoms with E-state index >= 15 is 0 Å². The first kappa shape index (κ1) is 13.7. The summed E-state index contributed by atoms with van der Waals surface area (Å²) in [4.78, 5) is 11.1. The molecule has 0 saturated heterocycles. The van der Waals surface area contributed by atoms with Gasteiger partial charge in [0.2, 0.25) is 5.91 Å². The third-order valence-electron chi connectivity index (χ3n) is 3.21. The molecule has 0 fully saturated rings. The van der Waals surface area contributed by atoms with Crippen LogP contribution in [0.5, 0.6) is 0 Å². The number of primary amides is 1. The highest BCUT2D eigenvalue weighted by molar-refractivity contribution is 5.79. The van der Waals surface area contributed by atoms with Crippen LogP contribution in [0.3, 0.4) is 0 Å². The molecule has 1 aromatic rings. The molecule has 1 rings (SSSR count). The van der Waals surface area contributed by atoms with Crippen LogP contribution >= 0.6 is 0 Å². The summed E-state index contributed by atoms with van der Waals surface area (Å²) >= 11 is 0. The molecule has 96 valence electrons. The summed E-state index contributed by atoms with van der Waals surface area (Å²) in [5, 5.41) is 7.39. The van der Waals surface area contributed by atoms with Gasteiger partial charge >= 0.3 is 0 Å². The van der Waals surface area contributed by atoms with E-state index in [1.807, 2.05) is 11.6 Å². The average Bonchev–Trinajstić information content (AvgIpc) is 2.54. The van der Waals surface area contributed by atoms with E-state index in [0.29, 0.717) is 13.0 Å². The van der Waals surface area contributed by atoms with Gasteiger partial charge in [-0.15, -0.1) is 0 Å². The monoisotopic (exact) mass is 238 g/mol. The fraction of sp³-hybridized carbons (Fsp3) is 0.667. The molecular weight excluding hydrogens is 216 g/mol. The minimum Gasteiger partial charge on any atom is -0.368 e. The van der Waals surface area contributed by atoms with Crippen molar-refractivity contribution in [1.29, 1.82) is 0 Å². The summed E-state index contributed by atoms with van der Waals surface area (Å²) in [7, 11) is 1.74. The molecule has 0 aliphatic carbocycles. The van der Waals surface area contributed by atoms with E-state index in [1.165, 1.54) is 11.3 Å². The molecule has 0 spiro atoms. The fourth-order valence-corrected chi connectivity index (χ4v) is 2.14. The van der Waals surface area contributed by atoms with Gasteiger partial charge in [-0.3, -0.25) is 9.48 Å². The summed E-state index contributed by atoms with van der Waals surface area (Å²) in [5.74, 6) is -0.315. The van der Waals surface area contributed by atoms with Crippen LogP contribution in [0.4, 0.5) is 0 Å². The molecule has 3 N–H and O–H groups in total. The van der Waals surface area contributed by atoms with E-state index in [4.69, 9.17) is 5.73 Å². The molecule has 0 bridgehead atoms. The predicted molar refractivity (Wildman–Crippen MR) is 67.7 cm³/mol. The molecule has 0 aliphatic heterocycles. The van der Waals surface area contributed by atoms with Crippen LogP contribution in [0.2, 0.25) is 0 Å². The van der Waals surface area contributed by atoms with Crippen LogP contribution in [-0.2, 0) is 17.8 Å². The SMILES string of the molecule is CCc1c(C)nn(CCC(NC)C(N)=O)c1C. The lowest BCUT2D eigenvalue weighted by Gasteiger charge is -2.12. The van der Waals surface area contributed by atoms with Gasteiger partial charge in [0.25, 0.3) is 0 Å². The quantitative estimate of drug-likeness (QED) is 0.759. The standard InChI is InChI=1S/C12H22N4O/c1-5-10-8(2)15-16(9(10)3)7-6-11(14-4)12(13)17/h11,14H,5-7H2,1-4H3,(H2,13,17). The van der Waals surface area contributed by atoms with Crippen molar-refractivity contribution in [2.45, 2.75) is 46.2 Å². The Balaban J connectivity index is 2.72. The largest absolute Gasteiger partial charge is 0.368 e. The number of nitrogens with two attached hydrogens (primary N) is 1. The number of hydrogen-bond donors (Lipinski definition) is 2. The Morgan fingerprint density at radius 3 is 2.59 bits per heavy atom. The van der Waals surface area contributed by atoms with Gasteiger partial charge < -0.3 is 11.1 Å². The van der Waals surface area contributed by atoms with Gasteiger partial charge in [-0.05, 0) is 39.3 Å². The number of carbonyl (C=O) groups is 1. The van der Waals surface area contributed by atoms with Gasteiger partial charge in [0, 0.05) is 12.2 Å². The van der Waals surface area contributed by atoms with E-state index in [2.05, 4.69) is 24.3 Å². The van der Waals surface area contributed by atoms with Crippen LogP contribution in [0.15, 0.2) is 0 Å². The Kier molecular flexibility index (Phi) is 4.69. The molecular formula is C12H22N4O. The lowest BCUT2D eigenvalue weighted by molar-refractivity contribution is -0.120. The minimum absolute atomic E-state index is 0.288. The second-order valence-corrected chi connectivity index (χ2v) is 4.26. The molecule has 1 heterocycles. The molecule has 5 nitrogen and oxygen atoms in total. The number of nitrogens with one attached hydrogen (secondary N) is 1. The van der Waals surface area contributed by atoms with Crippen molar-refractivity contribution < 1.29 is 4.79 Å². The number of aryl methyl sites for hydroxylation is 2. The first-order chi connectivity index (χ1) is 8.01. The smallest absolute Gasteiger partial charge is 0.234 e. The Hall–Kier alpha value is -1.36. The summed E-state index contributed by atoms with van der Waals surface area (Å²) in [6.07, 6.45) is 1.65. The molecule has 1 unspecified atom stereocenters. The molecule has 0 aromatic carbocycles. The van der Waals surface area contributed by atoms with Gasteiger partial charge in [-0.2, -0.15) is 5.10 Å². The second kappa shape index (κ2) is 5.82. The van der Waals surface area contributed by atoms with Gasteiger partial charge in [0.1, 0.15) is 0 Å². The zero-order valence-corrected chi connectivity index (χ0v) is 11.1. The van der Waals surface area contributed by atoms with E-state index in [-0.39, 0.29) is 11.9 Å². The Morgan fingerprint density at radius 1 is 1.53 bits per heavy atom. The molecule has 1 atom stereocenters. The van der Waals surface area contributed by atoms with Crippen molar-refractivity contribution in [2.24, 2.45) is 5.73 Å². The van der Waals surface area contributed by atoms with Crippen molar-refractivity contribution in [3.63, 3.8) is 0 Å². The van der Waals surface area contributed by atoms with Gasteiger partial charge in [0.05, 0.1) is 11.7 Å². The first-order valence-electron chi connectivity index (χ1n) is 6.00. The van der Waals surface area contributed by atoms with Crippen LogP contribution < -0.4 is 11.1 Å². The Morgan fingerprint density at radius 2 is 2.18 bits per heavy atom. The maximum Gasteiger partial charge on any atom is 0.234 e. The van der Waals surface area contributed by atoms with Gasteiger partial charge in [-0.1, -0.05) is 6.92 Å². The van der Waals surface area contributed by atoms with Crippen LogP contribution in [-0.4, -0.2) is 28.8 Å². The molecule has 0 radical (unpaired) electrons. The number of hydrogen-bond acceptors (Lipinski definition) is 3. The summed E-state index contributed by atoms with van der Waals surface area (Å²) in [6, 6.07) is -0.288. The van der Waals surface area contributed by atoms with Crippen molar-refractivity contribution in [1.82, 2.24) is 15.1 Å². The van der Waals surface area contributed by atoms with E-state index < -0.39 is 0 Å². The molecule has 5 heteroatoms. The number of amides is 1. The molecule has 1 aromatic heterocycles. The minimum atomic E-state index is -0.315. The van der Waals surface area contributed by atoms with E-state index in [1.54, 1.807) is 7.05 Å². The predicted octanol–water partition coefficient (Wildman–Crippen LogP) is 0.526. The highest BCUT2D eigenvalue weighted by Crippen LogP contribution is 2.14. The van der Waals surface area contributed by atoms with Crippen molar-refractivity contribution in [3.05, 3.63) is 17.0 Å². The van der Waals surface area contributed by atoms with E-state index in [0.717, 1.165) is 12.1 Å². The molecule has 0 aliphatic rings. The highest BCUT2D eigenvalue weighted by Gasteiger charge is 2.15. The lowest BCUT2D eigenvalue weighted by atomic mass is 10.1. The topological polar surface area (TPSA) is 72.9 Å². The van der Waals surface area contributed by atoms with Crippen molar-refractivity contribution >= 4 is 5.91 Å². The van der Waals surface area contributed by atoms with Crippen LogP contribution in [0.1, 0.15) is 30.3 Å². The number of rotatable bonds is 6. The fourth-order valence-electron chi connectivity index (χ4n) is 2.14. The lowest BCUT2D eigenvalue weighted by Crippen LogP contribution is -2.39. The van der Waals surface area contributed by atoms with Crippen molar-refractivity contribution in [2.75, 3.05) is 7.05 Å². The molecule has 1 amide bonds. The average molecular weight is 238 g/mol.